The van der Waals surface area contributed by atoms with Crippen molar-refractivity contribution >= 4 is 11.8 Å². The Balaban J connectivity index is 2.19. The molecule has 1 saturated carbocycles. The molecule has 5 heteroatoms. The number of hydrogen-bond acceptors (Lipinski definition) is 2. The van der Waals surface area contributed by atoms with Gasteiger partial charge in [-0.1, -0.05) is 26.2 Å². The van der Waals surface area contributed by atoms with E-state index >= 15 is 0 Å². The smallest absolute Gasteiger partial charge is 0.246 e. The van der Waals surface area contributed by atoms with E-state index in [0.29, 0.717) is 19.4 Å². The number of nitrogens with zero attached hydrogens (tertiary/aromatic N) is 1. The van der Waals surface area contributed by atoms with Crippen LogP contribution in [-0.4, -0.2) is 41.5 Å². The molecule has 2 atom stereocenters. The molecule has 0 aromatic rings. The van der Waals surface area contributed by atoms with Gasteiger partial charge >= 0.3 is 0 Å². The number of rotatable bonds is 5. The summed E-state index contributed by atoms with van der Waals surface area (Å²) in [6.07, 6.45) is 6.30. The molecule has 2 rings (SSSR count). The summed E-state index contributed by atoms with van der Waals surface area (Å²) in [5.74, 6) is 0.141. The van der Waals surface area contributed by atoms with Crippen molar-refractivity contribution < 1.29 is 14.0 Å². The van der Waals surface area contributed by atoms with Gasteiger partial charge in [0, 0.05) is 6.54 Å². The summed E-state index contributed by atoms with van der Waals surface area (Å²) in [5, 5.41) is 2.96. The maximum atomic E-state index is 12.8. The summed E-state index contributed by atoms with van der Waals surface area (Å²) < 4.78 is 12.5. The molecule has 1 saturated heterocycles. The molecular weight excluding hydrogens is 271 g/mol. The van der Waals surface area contributed by atoms with Crippen LogP contribution in [0.15, 0.2) is 0 Å². The highest BCUT2D eigenvalue weighted by molar-refractivity contribution is 5.99. The van der Waals surface area contributed by atoms with Crippen molar-refractivity contribution in [2.45, 2.75) is 70.4 Å². The van der Waals surface area contributed by atoms with Crippen LogP contribution in [0.5, 0.6) is 0 Å². The van der Waals surface area contributed by atoms with Crippen LogP contribution in [0.3, 0.4) is 0 Å². The number of halogens is 1. The second-order valence-electron chi connectivity index (χ2n) is 6.51. The van der Waals surface area contributed by atoms with E-state index in [1.807, 2.05) is 6.92 Å². The molecule has 1 aliphatic carbocycles. The molecule has 0 radical (unpaired) electrons. The van der Waals surface area contributed by atoms with Crippen molar-refractivity contribution in [3.63, 3.8) is 0 Å². The van der Waals surface area contributed by atoms with Gasteiger partial charge < -0.3 is 10.2 Å². The SMILES string of the molecule is CCC1(C)C(=O)NC(C2CCCCC2)C(=O)N1CCCF. The van der Waals surface area contributed by atoms with Gasteiger partial charge in [0.1, 0.15) is 11.6 Å². The van der Waals surface area contributed by atoms with Gasteiger partial charge in [-0.15, -0.1) is 0 Å². The standard InChI is InChI=1S/C16H27FN2O2/c1-3-16(2)15(21)18-13(12-8-5-4-6-9-12)14(20)19(16)11-7-10-17/h12-13H,3-11H2,1-2H3,(H,18,21). The van der Waals surface area contributed by atoms with E-state index < -0.39 is 18.3 Å². The summed E-state index contributed by atoms with van der Waals surface area (Å²) in [6, 6.07) is -0.406. The Morgan fingerprint density at radius 3 is 2.52 bits per heavy atom. The Hall–Kier alpha value is -1.13. The second kappa shape index (κ2) is 6.75. The van der Waals surface area contributed by atoms with Gasteiger partial charge in [0.25, 0.3) is 0 Å². The molecule has 2 fully saturated rings. The molecule has 1 aliphatic heterocycles. The first kappa shape index (κ1) is 16.2. The Morgan fingerprint density at radius 1 is 1.29 bits per heavy atom. The Labute approximate surface area is 126 Å². The molecule has 4 nitrogen and oxygen atoms in total. The van der Waals surface area contributed by atoms with Gasteiger partial charge in [0.2, 0.25) is 11.8 Å². The average molecular weight is 298 g/mol. The van der Waals surface area contributed by atoms with Gasteiger partial charge in [0.15, 0.2) is 0 Å². The van der Waals surface area contributed by atoms with Gasteiger partial charge in [-0.3, -0.25) is 14.0 Å². The fraction of sp³-hybridized carbons (Fsp3) is 0.875. The van der Waals surface area contributed by atoms with Crippen LogP contribution in [0.1, 0.15) is 58.8 Å². The zero-order valence-corrected chi connectivity index (χ0v) is 13.2. The largest absolute Gasteiger partial charge is 0.342 e. The summed E-state index contributed by atoms with van der Waals surface area (Å²) in [5.41, 5.74) is -0.836. The topological polar surface area (TPSA) is 49.4 Å². The van der Waals surface area contributed by atoms with E-state index in [-0.39, 0.29) is 17.7 Å². The predicted molar refractivity (Wildman–Crippen MR) is 79.5 cm³/mol. The summed E-state index contributed by atoms with van der Waals surface area (Å²) in [4.78, 5) is 27.0. The highest BCUT2D eigenvalue weighted by Crippen LogP contribution is 2.33. The number of alkyl halides is 1. The molecule has 2 amide bonds. The lowest BCUT2D eigenvalue weighted by Gasteiger charge is -2.48. The van der Waals surface area contributed by atoms with Crippen LogP contribution in [0.25, 0.3) is 0 Å². The number of nitrogens with one attached hydrogen (secondary N) is 1. The maximum Gasteiger partial charge on any atom is 0.246 e. The van der Waals surface area contributed by atoms with Crippen LogP contribution in [-0.2, 0) is 9.59 Å². The van der Waals surface area contributed by atoms with E-state index in [0.717, 1.165) is 25.7 Å². The molecule has 0 aromatic heterocycles. The first-order valence-corrected chi connectivity index (χ1v) is 8.23. The van der Waals surface area contributed by atoms with Crippen LogP contribution in [0, 0.1) is 5.92 Å². The average Bonchev–Trinajstić information content (AvgIpc) is 2.51. The van der Waals surface area contributed by atoms with Crippen molar-refractivity contribution in [3.8, 4) is 0 Å². The molecule has 0 aromatic carbocycles. The summed E-state index contributed by atoms with van der Waals surface area (Å²) in [6.45, 7) is 3.56. The number of carbonyl (C=O) groups is 2. The third-order valence-corrected chi connectivity index (χ3v) is 5.23. The Bertz CT molecular complexity index is 396. The molecule has 21 heavy (non-hydrogen) atoms. The van der Waals surface area contributed by atoms with Crippen LogP contribution in [0.2, 0.25) is 0 Å². The van der Waals surface area contributed by atoms with Crippen molar-refractivity contribution in [1.82, 2.24) is 10.2 Å². The molecule has 1 heterocycles. The van der Waals surface area contributed by atoms with Gasteiger partial charge in [-0.05, 0) is 38.5 Å². The second-order valence-corrected chi connectivity index (χ2v) is 6.51. The van der Waals surface area contributed by atoms with Gasteiger partial charge in [0.05, 0.1) is 6.67 Å². The molecule has 0 spiro atoms. The molecule has 120 valence electrons. The number of amides is 2. The van der Waals surface area contributed by atoms with E-state index in [1.54, 1.807) is 11.8 Å². The van der Waals surface area contributed by atoms with Crippen LogP contribution >= 0.6 is 0 Å². The monoisotopic (exact) mass is 298 g/mol. The van der Waals surface area contributed by atoms with Crippen molar-refractivity contribution in [2.24, 2.45) is 5.92 Å². The zero-order valence-electron chi connectivity index (χ0n) is 13.2. The maximum absolute atomic E-state index is 12.8. The Kier molecular flexibility index (Phi) is 5.22. The fourth-order valence-corrected chi connectivity index (χ4v) is 3.61. The van der Waals surface area contributed by atoms with Gasteiger partial charge in [-0.25, -0.2) is 0 Å². The van der Waals surface area contributed by atoms with E-state index in [1.165, 1.54) is 6.42 Å². The van der Waals surface area contributed by atoms with Crippen molar-refractivity contribution in [2.75, 3.05) is 13.2 Å². The van der Waals surface area contributed by atoms with Crippen molar-refractivity contribution in [1.29, 1.82) is 0 Å². The highest BCUT2D eigenvalue weighted by atomic mass is 19.1. The molecule has 2 unspecified atom stereocenters. The summed E-state index contributed by atoms with van der Waals surface area (Å²) in [7, 11) is 0. The molecule has 1 N–H and O–H groups in total. The lowest BCUT2D eigenvalue weighted by molar-refractivity contribution is -0.158. The molecule has 0 bridgehead atoms. The predicted octanol–water partition coefficient (Wildman–Crippen LogP) is 2.42. The normalized spacial score (nSPS) is 31.4. The van der Waals surface area contributed by atoms with Crippen LogP contribution in [0.4, 0.5) is 4.39 Å². The van der Waals surface area contributed by atoms with E-state index in [4.69, 9.17) is 0 Å². The number of carbonyl (C=O) groups excluding carboxylic acids is 2. The van der Waals surface area contributed by atoms with E-state index in [2.05, 4.69) is 5.32 Å². The summed E-state index contributed by atoms with van der Waals surface area (Å²) >= 11 is 0. The first-order chi connectivity index (χ1) is 10.0. The number of hydrogen-bond donors (Lipinski definition) is 1. The minimum atomic E-state index is -0.836. The number of piperazine rings is 1. The third kappa shape index (κ3) is 3.06. The zero-order chi connectivity index (χ0) is 15.5. The Morgan fingerprint density at radius 2 is 1.95 bits per heavy atom. The lowest BCUT2D eigenvalue weighted by atomic mass is 9.80. The molecule has 2 aliphatic rings. The molecular formula is C16H27FN2O2. The minimum absolute atomic E-state index is 0.0145. The third-order valence-electron chi connectivity index (χ3n) is 5.23. The van der Waals surface area contributed by atoms with Crippen molar-refractivity contribution in [3.05, 3.63) is 0 Å². The lowest BCUT2D eigenvalue weighted by Crippen LogP contribution is -2.70. The first-order valence-electron chi connectivity index (χ1n) is 8.23. The fourth-order valence-electron chi connectivity index (χ4n) is 3.61. The minimum Gasteiger partial charge on any atom is -0.342 e. The highest BCUT2D eigenvalue weighted by Gasteiger charge is 2.49. The van der Waals surface area contributed by atoms with Gasteiger partial charge in [-0.2, -0.15) is 0 Å². The van der Waals surface area contributed by atoms with E-state index in [9.17, 15) is 14.0 Å². The van der Waals surface area contributed by atoms with Crippen LogP contribution < -0.4 is 5.32 Å². The quantitative estimate of drug-likeness (QED) is 0.847.